The number of nitrogens with one attached hydrogen (secondary N) is 1. The number of hydrogen-bond acceptors (Lipinski definition) is 2. The highest BCUT2D eigenvalue weighted by atomic mass is 19.4. The van der Waals surface area contributed by atoms with Crippen LogP contribution in [0.1, 0.15) is 30.4 Å². The van der Waals surface area contributed by atoms with Gasteiger partial charge in [-0.25, -0.2) is 0 Å². The van der Waals surface area contributed by atoms with Crippen molar-refractivity contribution in [3.63, 3.8) is 0 Å². The zero-order valence-electron chi connectivity index (χ0n) is 12.2. The lowest BCUT2D eigenvalue weighted by Gasteiger charge is -2.26. The first-order chi connectivity index (χ1) is 10.3. The van der Waals surface area contributed by atoms with Gasteiger partial charge in [0.1, 0.15) is 0 Å². The van der Waals surface area contributed by atoms with Gasteiger partial charge in [-0.05, 0) is 43.5 Å². The summed E-state index contributed by atoms with van der Waals surface area (Å²) < 4.78 is 38.2. The van der Waals surface area contributed by atoms with E-state index in [1.54, 1.807) is 0 Å². The number of halogens is 3. The smallest absolute Gasteiger partial charge is 0.333 e. The number of carbonyl (C=O) groups is 2. The Kier molecular flexibility index (Phi) is 4.73. The largest absolute Gasteiger partial charge is 0.416 e. The van der Waals surface area contributed by atoms with E-state index in [0.717, 1.165) is 25.0 Å². The molecule has 0 aliphatic carbocycles. The van der Waals surface area contributed by atoms with Gasteiger partial charge in [-0.15, -0.1) is 0 Å². The maximum Gasteiger partial charge on any atom is 0.416 e. The number of rotatable bonds is 3. The Bertz CT molecular complexity index is 585. The molecule has 1 saturated heterocycles. The van der Waals surface area contributed by atoms with E-state index in [0.29, 0.717) is 18.5 Å². The lowest BCUT2D eigenvalue weighted by atomic mass is 10.1. The van der Waals surface area contributed by atoms with Crippen LogP contribution >= 0.6 is 0 Å². The van der Waals surface area contributed by atoms with E-state index in [1.165, 1.54) is 17.9 Å². The van der Waals surface area contributed by atoms with Crippen molar-refractivity contribution in [3.05, 3.63) is 29.3 Å². The number of likely N-dealkylation sites (tertiary alicyclic amines) is 1. The molecule has 1 aromatic carbocycles. The summed E-state index contributed by atoms with van der Waals surface area (Å²) >= 11 is 0. The number of nitrogens with zero attached hydrogens (tertiary/aromatic N) is 1. The average molecular weight is 314 g/mol. The second-order valence-electron chi connectivity index (χ2n) is 5.41. The molecule has 0 aromatic heterocycles. The Labute approximate surface area is 126 Å². The van der Waals surface area contributed by atoms with Crippen molar-refractivity contribution in [2.45, 2.75) is 32.4 Å². The van der Waals surface area contributed by atoms with E-state index in [9.17, 15) is 22.8 Å². The number of carbonyl (C=O) groups excluding carboxylic acids is 2. The first kappa shape index (κ1) is 16.3. The molecule has 1 aliphatic heterocycles. The van der Waals surface area contributed by atoms with Gasteiger partial charge in [0.05, 0.1) is 12.1 Å². The summed E-state index contributed by atoms with van der Waals surface area (Å²) in [6.45, 7) is 1.90. The minimum atomic E-state index is -4.46. The fourth-order valence-electron chi connectivity index (χ4n) is 2.42. The molecule has 1 fully saturated rings. The number of benzene rings is 1. The number of alkyl halides is 3. The molecule has 0 bridgehead atoms. The molecule has 2 rings (SSSR count). The van der Waals surface area contributed by atoms with Gasteiger partial charge in [0.15, 0.2) is 0 Å². The number of anilines is 1. The van der Waals surface area contributed by atoms with Gasteiger partial charge in [0.25, 0.3) is 0 Å². The van der Waals surface area contributed by atoms with Crippen molar-refractivity contribution in [2.75, 3.05) is 18.4 Å². The normalized spacial score (nSPS) is 15.8. The summed E-state index contributed by atoms with van der Waals surface area (Å²) in [6.07, 6.45) is -2.41. The second kappa shape index (κ2) is 6.37. The Morgan fingerprint density at radius 2 is 2.00 bits per heavy atom. The van der Waals surface area contributed by atoms with Gasteiger partial charge >= 0.3 is 6.18 Å². The highest BCUT2D eigenvalue weighted by Crippen LogP contribution is 2.31. The van der Waals surface area contributed by atoms with Crippen LogP contribution in [0.4, 0.5) is 18.9 Å². The van der Waals surface area contributed by atoms with E-state index in [2.05, 4.69) is 5.32 Å². The summed E-state index contributed by atoms with van der Waals surface area (Å²) in [7, 11) is 0. The molecular weight excluding hydrogens is 297 g/mol. The van der Waals surface area contributed by atoms with E-state index in [1.807, 2.05) is 0 Å². The van der Waals surface area contributed by atoms with Gasteiger partial charge in [0.2, 0.25) is 11.8 Å². The van der Waals surface area contributed by atoms with Crippen molar-refractivity contribution in [1.82, 2.24) is 4.90 Å². The number of amides is 2. The minimum Gasteiger partial charge on any atom is -0.333 e. The third-order valence-electron chi connectivity index (χ3n) is 3.44. The molecule has 0 unspecified atom stereocenters. The summed E-state index contributed by atoms with van der Waals surface area (Å²) in [5.74, 6) is -0.587. The van der Waals surface area contributed by atoms with Crippen LogP contribution in [-0.4, -0.2) is 29.8 Å². The van der Waals surface area contributed by atoms with E-state index < -0.39 is 17.6 Å². The van der Waals surface area contributed by atoms with Crippen molar-refractivity contribution in [3.8, 4) is 0 Å². The predicted molar refractivity (Wildman–Crippen MR) is 75.2 cm³/mol. The van der Waals surface area contributed by atoms with Crippen molar-refractivity contribution >= 4 is 17.5 Å². The van der Waals surface area contributed by atoms with Gasteiger partial charge in [-0.3, -0.25) is 9.59 Å². The molecule has 4 nitrogen and oxygen atoms in total. The Morgan fingerprint density at radius 1 is 1.27 bits per heavy atom. The standard InChI is InChI=1S/C15H17F3N2O2/c1-10-6-11(15(16,17)18)8-12(7-10)19-13(21)9-20-5-3-2-4-14(20)22/h6-8H,2-5,9H2,1H3,(H,19,21). The van der Waals surface area contributed by atoms with Crippen molar-refractivity contribution < 1.29 is 22.8 Å². The quantitative estimate of drug-likeness (QED) is 0.932. The highest BCUT2D eigenvalue weighted by Gasteiger charge is 2.31. The fourth-order valence-corrected chi connectivity index (χ4v) is 2.42. The first-order valence-corrected chi connectivity index (χ1v) is 7.02. The van der Waals surface area contributed by atoms with Crippen LogP contribution in [0.5, 0.6) is 0 Å². The minimum absolute atomic E-state index is 0.0850. The third-order valence-corrected chi connectivity index (χ3v) is 3.44. The fraction of sp³-hybridized carbons (Fsp3) is 0.467. The van der Waals surface area contributed by atoms with Crippen LogP contribution in [0.25, 0.3) is 0 Å². The average Bonchev–Trinajstić information content (AvgIpc) is 2.39. The van der Waals surface area contributed by atoms with E-state index >= 15 is 0 Å². The maximum atomic E-state index is 12.7. The maximum absolute atomic E-state index is 12.7. The third kappa shape index (κ3) is 4.22. The molecule has 0 saturated carbocycles. The van der Waals surface area contributed by atoms with Crippen molar-refractivity contribution in [1.29, 1.82) is 0 Å². The van der Waals surface area contributed by atoms with Gasteiger partial charge < -0.3 is 10.2 Å². The Morgan fingerprint density at radius 3 is 2.64 bits per heavy atom. The van der Waals surface area contributed by atoms with Crippen LogP contribution < -0.4 is 5.32 Å². The molecule has 1 aromatic rings. The molecule has 2 amide bonds. The summed E-state index contributed by atoms with van der Waals surface area (Å²) in [4.78, 5) is 25.0. The first-order valence-electron chi connectivity index (χ1n) is 7.02. The molecule has 7 heteroatoms. The lowest BCUT2D eigenvalue weighted by Crippen LogP contribution is -2.40. The van der Waals surface area contributed by atoms with Crippen molar-refractivity contribution in [2.24, 2.45) is 0 Å². The number of aryl methyl sites for hydroxylation is 1. The molecule has 22 heavy (non-hydrogen) atoms. The Hall–Kier alpha value is -2.05. The summed E-state index contributed by atoms with van der Waals surface area (Å²) in [5, 5.41) is 2.43. The van der Waals surface area contributed by atoms with Gasteiger partial charge in [0, 0.05) is 18.7 Å². The van der Waals surface area contributed by atoms with Crippen LogP contribution in [0.3, 0.4) is 0 Å². The lowest BCUT2D eigenvalue weighted by molar-refractivity contribution is -0.137. The molecule has 1 heterocycles. The number of piperidine rings is 1. The molecular formula is C15H17F3N2O2. The predicted octanol–water partition coefficient (Wildman–Crippen LogP) is 2.96. The topological polar surface area (TPSA) is 49.4 Å². The monoisotopic (exact) mass is 314 g/mol. The summed E-state index contributed by atoms with van der Waals surface area (Å²) in [5.41, 5.74) is -0.321. The van der Waals surface area contributed by atoms with Gasteiger partial charge in [-0.2, -0.15) is 13.2 Å². The SMILES string of the molecule is Cc1cc(NC(=O)CN2CCCCC2=O)cc(C(F)(F)F)c1. The molecule has 1 N–H and O–H groups in total. The highest BCUT2D eigenvalue weighted by molar-refractivity contribution is 5.94. The van der Waals surface area contributed by atoms with Gasteiger partial charge in [-0.1, -0.05) is 0 Å². The van der Waals surface area contributed by atoms with Crippen LogP contribution in [-0.2, 0) is 15.8 Å². The van der Waals surface area contributed by atoms with E-state index in [-0.39, 0.29) is 18.1 Å². The summed E-state index contributed by atoms with van der Waals surface area (Å²) in [6, 6.07) is 3.37. The Balaban J connectivity index is 2.05. The zero-order chi connectivity index (χ0) is 16.3. The molecule has 0 spiro atoms. The molecule has 0 atom stereocenters. The zero-order valence-corrected chi connectivity index (χ0v) is 12.2. The van der Waals surface area contributed by atoms with Crippen LogP contribution in [0.2, 0.25) is 0 Å². The number of hydrogen-bond donors (Lipinski definition) is 1. The molecule has 120 valence electrons. The molecule has 1 aliphatic rings. The second-order valence-corrected chi connectivity index (χ2v) is 5.41. The van der Waals surface area contributed by atoms with Crippen LogP contribution in [0.15, 0.2) is 18.2 Å². The van der Waals surface area contributed by atoms with Crippen LogP contribution in [0, 0.1) is 6.92 Å². The van der Waals surface area contributed by atoms with E-state index in [4.69, 9.17) is 0 Å². The molecule has 0 radical (unpaired) electrons.